The van der Waals surface area contributed by atoms with Crippen molar-refractivity contribution in [2.45, 2.75) is 27.2 Å². The molecule has 8 heteroatoms. The van der Waals surface area contributed by atoms with E-state index in [0.29, 0.717) is 6.42 Å². The maximum Gasteiger partial charge on any atom is 0.342 e. The average Bonchev–Trinajstić information content (AvgIpc) is 2.24. The molecule has 0 bridgehead atoms. The molecule has 4 N–H and O–H groups in total. The van der Waals surface area contributed by atoms with Crippen LogP contribution in [0.1, 0.15) is 27.2 Å². The fourth-order valence-corrected chi connectivity index (χ4v) is 1.67. The Morgan fingerprint density at radius 2 is 2.05 bits per heavy atom. The van der Waals surface area contributed by atoms with Crippen molar-refractivity contribution in [2.75, 3.05) is 11.9 Å². The van der Waals surface area contributed by atoms with Crippen molar-refractivity contribution in [3.05, 3.63) is 20.8 Å². The third-order valence-electron chi connectivity index (χ3n) is 2.44. The first-order valence-corrected chi connectivity index (χ1v) is 5.85. The van der Waals surface area contributed by atoms with Gasteiger partial charge in [-0.15, -0.1) is 5.10 Å². The molecule has 1 aromatic heterocycles. The first-order chi connectivity index (χ1) is 8.69. The summed E-state index contributed by atoms with van der Waals surface area (Å²) in [7, 11) is 0. The number of anilines is 1. The van der Waals surface area contributed by atoms with Crippen LogP contribution in [0.2, 0.25) is 0 Å². The van der Waals surface area contributed by atoms with Gasteiger partial charge in [0.15, 0.2) is 0 Å². The molecule has 1 unspecified atom stereocenters. The molecule has 1 atom stereocenters. The van der Waals surface area contributed by atoms with E-state index in [0.717, 1.165) is 0 Å². The van der Waals surface area contributed by atoms with Crippen LogP contribution in [-0.2, 0) is 4.79 Å². The molecule has 0 radical (unpaired) electrons. The van der Waals surface area contributed by atoms with Crippen molar-refractivity contribution in [2.24, 2.45) is 11.3 Å². The number of carboxylic acid groups (broad SMARTS) is 1. The highest BCUT2D eigenvalue weighted by Gasteiger charge is 2.24. The van der Waals surface area contributed by atoms with Gasteiger partial charge in [-0.2, -0.15) is 0 Å². The first kappa shape index (κ1) is 14.9. The Kier molecular flexibility index (Phi) is 4.47. The van der Waals surface area contributed by atoms with Crippen molar-refractivity contribution in [3.63, 3.8) is 0 Å². The van der Waals surface area contributed by atoms with Crippen molar-refractivity contribution in [3.8, 4) is 0 Å². The van der Waals surface area contributed by atoms with Gasteiger partial charge in [0.1, 0.15) is 0 Å². The Balaban J connectivity index is 2.74. The summed E-state index contributed by atoms with van der Waals surface area (Å²) >= 11 is 0. The number of nitrogens with one attached hydrogen (secondary N) is 3. The van der Waals surface area contributed by atoms with Gasteiger partial charge >= 0.3 is 11.7 Å². The molecule has 0 saturated carbocycles. The second-order valence-corrected chi connectivity index (χ2v) is 5.54. The van der Waals surface area contributed by atoms with Gasteiger partial charge in [-0.1, -0.05) is 20.8 Å². The Bertz CT molecular complexity index is 555. The molecule has 0 fully saturated rings. The second kappa shape index (κ2) is 5.68. The lowest BCUT2D eigenvalue weighted by Crippen LogP contribution is -2.32. The minimum absolute atomic E-state index is 0.0642. The van der Waals surface area contributed by atoms with E-state index < -0.39 is 23.1 Å². The van der Waals surface area contributed by atoms with E-state index in [2.05, 4.69) is 15.5 Å². The molecule has 0 saturated heterocycles. The summed E-state index contributed by atoms with van der Waals surface area (Å²) in [5.74, 6) is -1.68. The van der Waals surface area contributed by atoms with Crippen molar-refractivity contribution in [1.29, 1.82) is 0 Å². The predicted octanol–water partition coefficient (Wildman–Crippen LogP) is 0.00710. The van der Waals surface area contributed by atoms with E-state index in [1.165, 1.54) is 0 Å². The summed E-state index contributed by atoms with van der Waals surface area (Å²) in [4.78, 5) is 35.3. The summed E-state index contributed by atoms with van der Waals surface area (Å²) in [6, 6.07) is 0. The quantitative estimate of drug-likeness (QED) is 0.596. The van der Waals surface area contributed by atoms with Crippen LogP contribution < -0.4 is 16.6 Å². The third kappa shape index (κ3) is 4.94. The summed E-state index contributed by atoms with van der Waals surface area (Å²) in [5.41, 5.74) is -1.53. The van der Waals surface area contributed by atoms with Crippen LogP contribution in [0.4, 0.5) is 5.82 Å². The van der Waals surface area contributed by atoms with Crippen LogP contribution in [0.5, 0.6) is 0 Å². The van der Waals surface area contributed by atoms with Crippen molar-refractivity contribution in [1.82, 2.24) is 15.2 Å². The number of nitrogens with zero attached hydrogens (tertiary/aromatic N) is 1. The predicted molar refractivity (Wildman–Crippen MR) is 69.2 cm³/mol. The van der Waals surface area contributed by atoms with Crippen LogP contribution in [0.3, 0.4) is 0 Å². The number of carboxylic acids is 1. The topological polar surface area (TPSA) is 128 Å². The monoisotopic (exact) mass is 270 g/mol. The number of aromatic nitrogens is 3. The molecule has 1 heterocycles. The lowest BCUT2D eigenvalue weighted by molar-refractivity contribution is -0.142. The SMILES string of the molecule is CC(C)(C)CC(CNc1n[nH]c(=O)[nH]c1=O)C(=O)O. The Labute approximate surface area is 109 Å². The fraction of sp³-hybridized carbons (Fsp3) is 0.636. The molecule has 106 valence electrons. The van der Waals surface area contributed by atoms with E-state index >= 15 is 0 Å². The zero-order chi connectivity index (χ0) is 14.6. The van der Waals surface area contributed by atoms with E-state index in [1.54, 1.807) is 0 Å². The van der Waals surface area contributed by atoms with Crippen LogP contribution in [0.25, 0.3) is 0 Å². The van der Waals surface area contributed by atoms with Gasteiger partial charge in [0.2, 0.25) is 5.82 Å². The standard InChI is InChI=1S/C11H18N4O4/c1-11(2,3)4-6(9(17)18)5-12-7-8(16)13-10(19)15-14-7/h6H,4-5H2,1-3H3,(H,12,14)(H,17,18)(H2,13,15,16,19). The number of aromatic amines is 2. The summed E-state index contributed by atoms with van der Waals surface area (Å²) in [6.45, 7) is 5.88. The molecule has 0 aliphatic carbocycles. The molecule has 0 aliphatic rings. The average molecular weight is 270 g/mol. The summed E-state index contributed by atoms with van der Waals surface area (Å²) in [6.07, 6.45) is 0.455. The molecule has 8 nitrogen and oxygen atoms in total. The van der Waals surface area contributed by atoms with Crippen LogP contribution >= 0.6 is 0 Å². The number of carbonyl (C=O) groups is 1. The van der Waals surface area contributed by atoms with Gasteiger partial charge in [0.25, 0.3) is 5.56 Å². The van der Waals surface area contributed by atoms with Crippen LogP contribution in [-0.4, -0.2) is 32.8 Å². The van der Waals surface area contributed by atoms with Crippen LogP contribution in [0, 0.1) is 11.3 Å². The maximum absolute atomic E-state index is 11.4. The van der Waals surface area contributed by atoms with E-state index in [9.17, 15) is 14.4 Å². The fourth-order valence-electron chi connectivity index (χ4n) is 1.67. The van der Waals surface area contributed by atoms with Crippen molar-refractivity contribution >= 4 is 11.8 Å². The summed E-state index contributed by atoms with van der Waals surface area (Å²) in [5, 5.41) is 17.4. The van der Waals surface area contributed by atoms with E-state index in [-0.39, 0.29) is 17.8 Å². The van der Waals surface area contributed by atoms with Gasteiger partial charge in [0, 0.05) is 6.54 Å². The number of hydrogen-bond acceptors (Lipinski definition) is 5. The highest BCUT2D eigenvalue weighted by atomic mass is 16.4. The molecule has 19 heavy (non-hydrogen) atoms. The normalized spacial score (nSPS) is 13.0. The largest absolute Gasteiger partial charge is 0.481 e. The summed E-state index contributed by atoms with van der Waals surface area (Å²) < 4.78 is 0. The van der Waals surface area contributed by atoms with Crippen molar-refractivity contribution < 1.29 is 9.90 Å². The Hall–Kier alpha value is -2.12. The number of rotatable bonds is 5. The highest BCUT2D eigenvalue weighted by Crippen LogP contribution is 2.24. The molecular weight excluding hydrogens is 252 g/mol. The first-order valence-electron chi connectivity index (χ1n) is 5.85. The lowest BCUT2D eigenvalue weighted by atomic mass is 9.84. The minimum Gasteiger partial charge on any atom is -0.481 e. The van der Waals surface area contributed by atoms with Gasteiger partial charge in [-0.25, -0.2) is 9.89 Å². The molecule has 1 aromatic rings. The molecule has 0 spiro atoms. The molecule has 1 rings (SSSR count). The Morgan fingerprint density at radius 1 is 1.42 bits per heavy atom. The van der Waals surface area contributed by atoms with Crippen LogP contribution in [0.15, 0.2) is 9.59 Å². The molecule has 0 aliphatic heterocycles. The minimum atomic E-state index is -0.941. The van der Waals surface area contributed by atoms with Gasteiger partial charge in [-0.05, 0) is 11.8 Å². The maximum atomic E-state index is 11.4. The Morgan fingerprint density at radius 3 is 2.53 bits per heavy atom. The van der Waals surface area contributed by atoms with E-state index in [1.807, 2.05) is 25.8 Å². The highest BCUT2D eigenvalue weighted by molar-refractivity contribution is 5.70. The molecule has 0 amide bonds. The lowest BCUT2D eigenvalue weighted by Gasteiger charge is -2.23. The zero-order valence-corrected chi connectivity index (χ0v) is 11.1. The number of aliphatic carboxylic acids is 1. The third-order valence-corrected chi connectivity index (χ3v) is 2.44. The van der Waals surface area contributed by atoms with E-state index in [4.69, 9.17) is 5.11 Å². The van der Waals surface area contributed by atoms with Gasteiger partial charge in [0.05, 0.1) is 5.92 Å². The molecule has 0 aromatic carbocycles. The number of hydrogen-bond donors (Lipinski definition) is 4. The number of H-pyrrole nitrogens is 2. The second-order valence-electron chi connectivity index (χ2n) is 5.54. The van der Waals surface area contributed by atoms with Gasteiger partial charge < -0.3 is 10.4 Å². The smallest absolute Gasteiger partial charge is 0.342 e. The van der Waals surface area contributed by atoms with Gasteiger partial charge in [-0.3, -0.25) is 14.6 Å². The zero-order valence-electron chi connectivity index (χ0n) is 11.1. The molecular formula is C11H18N4O4.